The number of benzene rings is 2. The quantitative estimate of drug-likeness (QED) is 0.718. The third-order valence-electron chi connectivity index (χ3n) is 5.97. The lowest BCUT2D eigenvalue weighted by atomic mass is 9.88. The molecule has 0 saturated carbocycles. The molecule has 0 aromatic heterocycles. The largest absolute Gasteiger partial charge is 0.444 e. The Kier molecular flexibility index (Phi) is 7.07. The number of nitrogens with zero attached hydrogens (tertiary/aromatic N) is 2. The summed E-state index contributed by atoms with van der Waals surface area (Å²) in [4.78, 5) is 29.4. The van der Waals surface area contributed by atoms with E-state index in [9.17, 15) is 14.0 Å². The third-order valence-corrected chi connectivity index (χ3v) is 5.97. The molecule has 0 spiro atoms. The van der Waals surface area contributed by atoms with Crippen molar-refractivity contribution in [3.63, 3.8) is 0 Å². The number of urea groups is 1. The normalized spacial score (nSPS) is 20.8. The average molecular weight is 470 g/mol. The van der Waals surface area contributed by atoms with Crippen molar-refractivity contribution in [2.24, 2.45) is 0 Å². The summed E-state index contributed by atoms with van der Waals surface area (Å²) in [5.41, 5.74) is 2.45. The van der Waals surface area contributed by atoms with E-state index in [0.29, 0.717) is 32.8 Å². The second-order valence-electron chi connectivity index (χ2n) is 9.74. The van der Waals surface area contributed by atoms with Crippen molar-refractivity contribution in [1.82, 2.24) is 15.1 Å². The van der Waals surface area contributed by atoms with Crippen LogP contribution in [0.1, 0.15) is 43.5 Å². The summed E-state index contributed by atoms with van der Waals surface area (Å²) in [6, 6.07) is 13.3. The molecule has 1 N–H and O–H groups in total. The summed E-state index contributed by atoms with van der Waals surface area (Å²) >= 11 is 0. The highest BCUT2D eigenvalue weighted by Crippen LogP contribution is 2.35. The molecule has 1 fully saturated rings. The molecule has 2 heterocycles. The Morgan fingerprint density at radius 3 is 2.56 bits per heavy atom. The van der Waals surface area contributed by atoms with E-state index in [1.165, 1.54) is 17.7 Å². The van der Waals surface area contributed by atoms with Gasteiger partial charge in [0.1, 0.15) is 11.4 Å². The van der Waals surface area contributed by atoms with Crippen LogP contribution in [0.3, 0.4) is 0 Å². The Morgan fingerprint density at radius 1 is 1.09 bits per heavy atom. The number of fused-ring (bicyclic) bond motifs is 1. The predicted octanol–water partition coefficient (Wildman–Crippen LogP) is 4.12. The zero-order valence-corrected chi connectivity index (χ0v) is 19.9. The molecule has 4 rings (SSSR count). The zero-order valence-electron chi connectivity index (χ0n) is 19.9. The van der Waals surface area contributed by atoms with Crippen molar-refractivity contribution >= 4 is 12.1 Å². The van der Waals surface area contributed by atoms with Crippen LogP contribution in [-0.2, 0) is 15.9 Å². The lowest BCUT2D eigenvalue weighted by molar-refractivity contribution is 0.0238. The summed E-state index contributed by atoms with van der Waals surface area (Å²) in [7, 11) is 0. The summed E-state index contributed by atoms with van der Waals surface area (Å²) in [5.74, 6) is -0.318. The van der Waals surface area contributed by atoms with Gasteiger partial charge in [-0.1, -0.05) is 36.4 Å². The summed E-state index contributed by atoms with van der Waals surface area (Å²) in [5, 5.41) is 3.06. The fourth-order valence-electron chi connectivity index (χ4n) is 4.44. The van der Waals surface area contributed by atoms with Gasteiger partial charge in [0.25, 0.3) is 0 Å². The summed E-state index contributed by atoms with van der Waals surface area (Å²) in [6.45, 7) is 7.36. The Morgan fingerprint density at radius 2 is 1.82 bits per heavy atom. The highest BCUT2D eigenvalue weighted by atomic mass is 19.1. The number of halogens is 1. The van der Waals surface area contributed by atoms with E-state index in [1.807, 2.05) is 39.0 Å². The first kappa shape index (κ1) is 24.0. The number of rotatable bonds is 2. The van der Waals surface area contributed by atoms with E-state index >= 15 is 0 Å². The first-order valence-electron chi connectivity index (χ1n) is 11.7. The molecule has 34 heavy (non-hydrogen) atoms. The molecule has 0 aliphatic carbocycles. The van der Waals surface area contributed by atoms with Crippen LogP contribution in [0.25, 0.3) is 0 Å². The number of hydrogen-bond donors (Lipinski definition) is 1. The third kappa shape index (κ3) is 5.67. The van der Waals surface area contributed by atoms with Gasteiger partial charge >= 0.3 is 12.1 Å². The zero-order chi connectivity index (χ0) is 24.3. The maximum atomic E-state index is 13.6. The minimum absolute atomic E-state index is 0.247. The van der Waals surface area contributed by atoms with E-state index in [1.54, 1.807) is 21.9 Å². The smallest absolute Gasteiger partial charge is 0.410 e. The van der Waals surface area contributed by atoms with Gasteiger partial charge in [0.05, 0.1) is 25.3 Å². The highest BCUT2D eigenvalue weighted by molar-refractivity contribution is 5.76. The van der Waals surface area contributed by atoms with Gasteiger partial charge < -0.3 is 24.6 Å². The van der Waals surface area contributed by atoms with Gasteiger partial charge in [-0.25, -0.2) is 14.0 Å². The molecule has 3 amide bonds. The fourth-order valence-corrected chi connectivity index (χ4v) is 4.44. The van der Waals surface area contributed by atoms with Crippen LogP contribution in [0, 0.1) is 5.82 Å². The van der Waals surface area contributed by atoms with Crippen LogP contribution in [0.5, 0.6) is 0 Å². The van der Waals surface area contributed by atoms with Crippen molar-refractivity contribution < 1.29 is 23.5 Å². The van der Waals surface area contributed by atoms with Crippen molar-refractivity contribution in [3.05, 3.63) is 71.0 Å². The van der Waals surface area contributed by atoms with E-state index < -0.39 is 11.7 Å². The highest BCUT2D eigenvalue weighted by Gasteiger charge is 2.34. The van der Waals surface area contributed by atoms with Gasteiger partial charge in [-0.15, -0.1) is 0 Å². The number of amides is 3. The molecule has 0 radical (unpaired) electrons. The fraction of sp³-hybridized carbons (Fsp3) is 0.462. The average Bonchev–Trinajstić information content (AvgIpc) is 3.03. The van der Waals surface area contributed by atoms with Crippen molar-refractivity contribution in [2.75, 3.05) is 32.8 Å². The molecule has 1 unspecified atom stereocenters. The topological polar surface area (TPSA) is 71.1 Å². The molecule has 2 aliphatic heterocycles. The number of nitrogens with one attached hydrogen (secondary N) is 1. The van der Waals surface area contributed by atoms with Gasteiger partial charge in [-0.05, 0) is 56.0 Å². The van der Waals surface area contributed by atoms with Gasteiger partial charge in [-0.2, -0.15) is 0 Å². The lowest BCUT2D eigenvalue weighted by Gasteiger charge is -2.38. The lowest BCUT2D eigenvalue weighted by Crippen LogP contribution is -2.53. The predicted molar refractivity (Wildman–Crippen MR) is 126 cm³/mol. The number of carbonyl (C=O) groups is 2. The first-order valence-corrected chi connectivity index (χ1v) is 11.7. The second kappa shape index (κ2) is 10.0. The van der Waals surface area contributed by atoms with Crippen molar-refractivity contribution in [3.8, 4) is 0 Å². The number of hydrogen-bond acceptors (Lipinski definition) is 4. The summed E-state index contributed by atoms with van der Waals surface area (Å²) in [6.07, 6.45) is 0.306. The van der Waals surface area contributed by atoms with Crippen LogP contribution in [0.4, 0.5) is 14.0 Å². The molecule has 2 atom stereocenters. The van der Waals surface area contributed by atoms with Crippen LogP contribution < -0.4 is 5.32 Å². The van der Waals surface area contributed by atoms with E-state index in [4.69, 9.17) is 9.47 Å². The molecule has 2 aromatic carbocycles. The van der Waals surface area contributed by atoms with Crippen molar-refractivity contribution in [2.45, 2.75) is 44.9 Å². The summed E-state index contributed by atoms with van der Waals surface area (Å²) < 4.78 is 24.8. The van der Waals surface area contributed by atoms with Crippen molar-refractivity contribution in [1.29, 1.82) is 0 Å². The van der Waals surface area contributed by atoms with Gasteiger partial charge in [0.15, 0.2) is 0 Å². The molecule has 0 bridgehead atoms. The van der Waals surface area contributed by atoms with Gasteiger partial charge in [0.2, 0.25) is 0 Å². The molecule has 8 heteroatoms. The van der Waals surface area contributed by atoms with Crippen LogP contribution in [-0.4, -0.2) is 66.4 Å². The molecular formula is C26H32FN3O4. The number of ether oxygens (including phenoxy) is 2. The van der Waals surface area contributed by atoms with E-state index in [-0.39, 0.29) is 23.9 Å². The van der Waals surface area contributed by atoms with Crippen LogP contribution in [0.2, 0.25) is 0 Å². The van der Waals surface area contributed by atoms with E-state index in [2.05, 4.69) is 11.4 Å². The number of carbonyl (C=O) groups excluding carboxylic acids is 2. The monoisotopic (exact) mass is 469 g/mol. The minimum Gasteiger partial charge on any atom is -0.444 e. The SMILES string of the molecule is CC(C)(C)OC(=O)N1CCOCC(NC(=O)N2CCc3ccccc3[C@@H]2c2ccc(F)cc2)C1. The maximum absolute atomic E-state index is 13.6. The van der Waals surface area contributed by atoms with Crippen LogP contribution >= 0.6 is 0 Å². The second-order valence-corrected chi connectivity index (χ2v) is 9.74. The maximum Gasteiger partial charge on any atom is 0.410 e. The molecule has 7 nitrogen and oxygen atoms in total. The molecule has 182 valence electrons. The first-order chi connectivity index (χ1) is 16.2. The molecule has 1 saturated heterocycles. The standard InChI is InChI=1S/C26H32FN3O4/c1-26(2,3)34-25(32)29-14-15-33-17-21(16-29)28-24(31)30-13-12-18-6-4-5-7-22(18)23(30)19-8-10-20(27)11-9-19/h4-11,21,23H,12-17H2,1-3H3,(H,28,31)/t21?,23-/m0/s1. The molecule has 2 aromatic rings. The Labute approximate surface area is 199 Å². The molecular weight excluding hydrogens is 437 g/mol. The Balaban J connectivity index is 1.52. The molecule has 2 aliphatic rings. The van der Waals surface area contributed by atoms with E-state index in [0.717, 1.165) is 17.5 Å². The Bertz CT molecular complexity index is 1020. The van der Waals surface area contributed by atoms with Gasteiger partial charge in [0, 0.05) is 19.6 Å². The Hall–Kier alpha value is -3.13. The van der Waals surface area contributed by atoms with Crippen LogP contribution in [0.15, 0.2) is 48.5 Å². The van der Waals surface area contributed by atoms with Gasteiger partial charge in [-0.3, -0.25) is 0 Å². The minimum atomic E-state index is -0.605.